The Morgan fingerprint density at radius 2 is 1.56 bits per heavy atom. The van der Waals surface area contributed by atoms with E-state index in [2.05, 4.69) is 84.1 Å². The molecule has 0 aromatic heterocycles. The number of carbonyl (C=O) groups is 2. The maximum atomic E-state index is 12.5. The second kappa shape index (κ2) is 18.6. The molecule has 4 atom stereocenters. The summed E-state index contributed by atoms with van der Waals surface area (Å²) >= 11 is 0. The summed E-state index contributed by atoms with van der Waals surface area (Å²) in [7, 11) is 2.14. The Morgan fingerprint density at radius 3 is 2.30 bits per heavy atom. The third-order valence-corrected chi connectivity index (χ3v) is 9.41. The first-order chi connectivity index (χ1) is 24.3. The highest BCUT2D eigenvalue weighted by atomic mass is 16.7. The maximum Gasteiger partial charge on any atom is 0.220 e. The van der Waals surface area contributed by atoms with Crippen LogP contribution in [0.5, 0.6) is 0 Å². The van der Waals surface area contributed by atoms with Gasteiger partial charge < -0.3 is 25.2 Å². The van der Waals surface area contributed by atoms with Crippen molar-refractivity contribution in [3.8, 4) is 11.1 Å². The number of ether oxygens (including phenoxy) is 2. The van der Waals surface area contributed by atoms with E-state index in [1.54, 1.807) is 0 Å². The summed E-state index contributed by atoms with van der Waals surface area (Å²) < 4.78 is 13.4. The van der Waals surface area contributed by atoms with Crippen LogP contribution >= 0.6 is 0 Å². The molecule has 1 fully saturated rings. The van der Waals surface area contributed by atoms with E-state index in [1.165, 1.54) is 12.5 Å². The highest BCUT2D eigenvalue weighted by Gasteiger charge is 2.33. The summed E-state index contributed by atoms with van der Waals surface area (Å²) in [6.07, 6.45) is 2.95. The number of aliphatic hydroxyl groups excluding tert-OH is 1. The minimum atomic E-state index is -0.558. The monoisotopic (exact) mass is 677 g/mol. The lowest BCUT2D eigenvalue weighted by Gasteiger charge is -2.39. The molecule has 50 heavy (non-hydrogen) atoms. The number of aliphatic hydroxyl groups is 1. The molecule has 1 heterocycles. The van der Waals surface area contributed by atoms with Crippen molar-refractivity contribution < 1.29 is 24.2 Å². The van der Waals surface area contributed by atoms with Crippen LogP contribution in [0.15, 0.2) is 103 Å². The zero-order valence-corrected chi connectivity index (χ0v) is 29.5. The van der Waals surface area contributed by atoms with Gasteiger partial charge in [0.2, 0.25) is 11.8 Å². The first-order valence-corrected chi connectivity index (χ1v) is 17.7. The first-order valence-electron chi connectivity index (χ1n) is 17.7. The van der Waals surface area contributed by atoms with Crippen molar-refractivity contribution in [2.75, 3.05) is 20.1 Å². The zero-order valence-electron chi connectivity index (χ0n) is 29.5. The van der Waals surface area contributed by atoms with E-state index in [0.29, 0.717) is 25.9 Å². The van der Waals surface area contributed by atoms with Gasteiger partial charge in [0.05, 0.1) is 18.8 Å². The number of likely N-dealkylation sites (N-methyl/N-ethyl adjacent to an activating group) is 1. The van der Waals surface area contributed by atoms with Gasteiger partial charge in [-0.1, -0.05) is 97.4 Å². The topological polar surface area (TPSA) is 100 Å². The third-order valence-electron chi connectivity index (χ3n) is 9.41. The van der Waals surface area contributed by atoms with Crippen LogP contribution in [0.1, 0.15) is 92.2 Å². The lowest BCUT2D eigenvalue weighted by atomic mass is 9.98. The van der Waals surface area contributed by atoms with Gasteiger partial charge in [-0.25, -0.2) is 0 Å². The molecule has 3 N–H and O–H groups in total. The molecule has 4 aromatic rings. The number of nitrogens with zero attached hydrogens (tertiary/aromatic N) is 1. The van der Waals surface area contributed by atoms with Crippen LogP contribution in [-0.2, 0) is 32.2 Å². The minimum Gasteiger partial charge on any atom is -0.392 e. The van der Waals surface area contributed by atoms with E-state index >= 15 is 0 Å². The molecule has 4 aromatic carbocycles. The second-order valence-electron chi connectivity index (χ2n) is 13.3. The van der Waals surface area contributed by atoms with Crippen LogP contribution in [0.3, 0.4) is 0 Å². The highest BCUT2D eigenvalue weighted by molar-refractivity contribution is 5.76. The summed E-state index contributed by atoms with van der Waals surface area (Å²) in [6, 6.07) is 35.3. The van der Waals surface area contributed by atoms with Crippen molar-refractivity contribution in [2.45, 2.75) is 83.6 Å². The van der Waals surface area contributed by atoms with Crippen molar-refractivity contribution in [2.24, 2.45) is 0 Å². The predicted octanol–water partition coefficient (Wildman–Crippen LogP) is 7.40. The van der Waals surface area contributed by atoms with Gasteiger partial charge in [0.25, 0.3) is 0 Å². The molecule has 0 spiro atoms. The molecule has 0 aliphatic carbocycles. The van der Waals surface area contributed by atoms with Gasteiger partial charge in [-0.15, -0.1) is 0 Å². The van der Waals surface area contributed by atoms with Crippen molar-refractivity contribution in [1.29, 1.82) is 0 Å². The summed E-state index contributed by atoms with van der Waals surface area (Å²) in [6.45, 7) is 5.59. The quantitative estimate of drug-likeness (QED) is 0.107. The van der Waals surface area contributed by atoms with E-state index in [4.69, 9.17) is 9.47 Å². The largest absolute Gasteiger partial charge is 0.392 e. The lowest BCUT2D eigenvalue weighted by molar-refractivity contribution is -0.253. The molecule has 264 valence electrons. The van der Waals surface area contributed by atoms with Gasteiger partial charge in [0.1, 0.15) is 0 Å². The average molecular weight is 678 g/mol. The summed E-state index contributed by atoms with van der Waals surface area (Å²) in [5, 5.41) is 15.4. The molecule has 0 radical (unpaired) electrons. The van der Waals surface area contributed by atoms with Gasteiger partial charge in [0, 0.05) is 51.0 Å². The molecule has 1 saturated heterocycles. The number of benzene rings is 4. The van der Waals surface area contributed by atoms with Crippen LogP contribution in [0, 0.1) is 0 Å². The Kier molecular flexibility index (Phi) is 13.7. The third kappa shape index (κ3) is 10.8. The molecule has 1 aliphatic heterocycles. The number of hydrogen-bond donors (Lipinski definition) is 3. The van der Waals surface area contributed by atoms with Crippen LogP contribution < -0.4 is 10.6 Å². The maximum absolute atomic E-state index is 12.5. The van der Waals surface area contributed by atoms with Crippen LogP contribution in [0.2, 0.25) is 0 Å². The van der Waals surface area contributed by atoms with E-state index in [9.17, 15) is 14.7 Å². The molecular formula is C42H51N3O5. The Labute approximate surface area is 296 Å². The van der Waals surface area contributed by atoms with Gasteiger partial charge in [-0.2, -0.15) is 0 Å². The SMILES string of the molecule is CC(=O)NCCCCCC(=O)NCc1cccc(-c2cccc([C@H]3O[C@@H](CN(C)[C@@H](C)c4ccccc4)C[C@@H](c4ccc(CO)cc4)O3)c2)c1. The number of unbranched alkanes of at least 4 members (excludes halogenated alkanes) is 2. The molecule has 5 rings (SSSR count). The van der Waals surface area contributed by atoms with Gasteiger partial charge in [-0.3, -0.25) is 14.5 Å². The predicted molar refractivity (Wildman–Crippen MR) is 197 cm³/mol. The van der Waals surface area contributed by atoms with Crippen LogP contribution in [0.25, 0.3) is 11.1 Å². The standard InChI is InChI=1S/C42H51N3O5/c1-30(34-13-6-4-7-14-34)45(3)28-39-26-40(35-21-19-32(29-46)20-22-35)50-42(49-39)38-17-11-16-37(25-38)36-15-10-12-33(24-36)27-44-41(48)18-8-5-9-23-43-31(2)47/h4,6-7,10-17,19-22,24-25,30,39-40,42,46H,5,8-9,18,23,26-29H2,1-3H3,(H,43,47)(H,44,48)/t30-,39+,40-,42-/m0/s1. The van der Waals surface area contributed by atoms with Gasteiger partial charge in [0.15, 0.2) is 6.29 Å². The molecule has 0 bridgehead atoms. The van der Waals surface area contributed by atoms with Gasteiger partial charge in [-0.05, 0) is 72.3 Å². The molecule has 2 amide bonds. The fourth-order valence-electron chi connectivity index (χ4n) is 6.36. The fourth-order valence-corrected chi connectivity index (χ4v) is 6.36. The van der Waals surface area contributed by atoms with Crippen molar-refractivity contribution in [1.82, 2.24) is 15.5 Å². The minimum absolute atomic E-state index is 0.00478. The number of hydrogen-bond acceptors (Lipinski definition) is 6. The van der Waals surface area contributed by atoms with E-state index < -0.39 is 6.29 Å². The Hall–Kier alpha value is -4.34. The number of nitrogens with one attached hydrogen (secondary N) is 2. The average Bonchev–Trinajstić information content (AvgIpc) is 3.15. The molecule has 0 saturated carbocycles. The summed E-state index contributed by atoms with van der Waals surface area (Å²) in [4.78, 5) is 25.8. The molecule has 0 unspecified atom stereocenters. The van der Waals surface area contributed by atoms with Crippen molar-refractivity contribution in [3.05, 3.63) is 131 Å². The smallest absolute Gasteiger partial charge is 0.220 e. The first kappa shape index (κ1) is 36.9. The Balaban J connectivity index is 1.26. The fraction of sp³-hybridized carbons (Fsp3) is 0.381. The van der Waals surface area contributed by atoms with E-state index in [0.717, 1.165) is 59.2 Å². The van der Waals surface area contributed by atoms with Crippen molar-refractivity contribution >= 4 is 11.8 Å². The summed E-state index contributed by atoms with van der Waals surface area (Å²) in [5.74, 6) is 0.00603. The van der Waals surface area contributed by atoms with E-state index in [1.807, 2.05) is 48.5 Å². The molecule has 1 aliphatic rings. The lowest BCUT2D eigenvalue weighted by Crippen LogP contribution is -2.38. The molecule has 8 nitrogen and oxygen atoms in total. The Bertz CT molecular complexity index is 1660. The Morgan fingerprint density at radius 1 is 0.820 bits per heavy atom. The highest BCUT2D eigenvalue weighted by Crippen LogP contribution is 2.39. The molecular weight excluding hydrogens is 626 g/mol. The van der Waals surface area contributed by atoms with Gasteiger partial charge >= 0.3 is 0 Å². The van der Waals surface area contributed by atoms with Crippen LogP contribution in [0.4, 0.5) is 0 Å². The van der Waals surface area contributed by atoms with E-state index in [-0.39, 0.29) is 36.7 Å². The zero-order chi connectivity index (χ0) is 35.3. The summed E-state index contributed by atoms with van der Waals surface area (Å²) in [5.41, 5.74) is 7.27. The van der Waals surface area contributed by atoms with Crippen molar-refractivity contribution in [3.63, 3.8) is 0 Å². The second-order valence-corrected chi connectivity index (χ2v) is 13.3. The normalized spacial score (nSPS) is 18.1. The number of carbonyl (C=O) groups excluding carboxylic acids is 2. The molecule has 8 heteroatoms. The number of amides is 2. The van der Waals surface area contributed by atoms with Crippen LogP contribution in [-0.4, -0.2) is 48.1 Å². The number of rotatable bonds is 16.